The van der Waals surface area contributed by atoms with Crippen molar-refractivity contribution < 1.29 is 4.79 Å². The largest absolute Gasteiger partial charge is 0.321 e. The van der Waals surface area contributed by atoms with Crippen molar-refractivity contribution in [2.24, 2.45) is 0 Å². The Morgan fingerprint density at radius 1 is 1.23 bits per heavy atom. The Morgan fingerprint density at radius 3 is 2.08 bits per heavy atom. The van der Waals surface area contributed by atoms with E-state index in [4.69, 9.17) is 0 Å². The second-order valence-electron chi connectivity index (χ2n) is 2.17. The van der Waals surface area contributed by atoms with E-state index in [1.54, 1.807) is 12.2 Å². The molecule has 0 bridgehead atoms. The number of carbonyl (C=O) groups excluding carboxylic acids is 1. The van der Waals surface area contributed by atoms with E-state index in [0.717, 1.165) is 5.57 Å². The molecule has 0 saturated heterocycles. The first kappa shape index (κ1) is 11.4. The molecule has 1 rings (SSSR count). The van der Waals surface area contributed by atoms with E-state index in [0.29, 0.717) is 11.3 Å². The summed E-state index contributed by atoms with van der Waals surface area (Å²) in [6, 6.07) is 0. The van der Waals surface area contributed by atoms with Gasteiger partial charge in [-0.05, 0) is 6.08 Å². The SMILES string of the molecule is C=CC1=C(C=C)C(=C)C(=O)N1.CC. The maximum atomic E-state index is 11.0. The van der Waals surface area contributed by atoms with E-state index in [2.05, 4.69) is 25.1 Å². The molecule has 1 heterocycles. The standard InChI is InChI=1S/C9H9NO.C2H6/c1-4-7-6(3)9(11)10-8(7)5-2;1-2/h4-5H,1-3H2,(H,10,11);1-2H3. The zero-order valence-corrected chi connectivity index (χ0v) is 8.18. The molecular formula is C11H15NO. The van der Waals surface area contributed by atoms with Crippen LogP contribution in [-0.4, -0.2) is 5.91 Å². The van der Waals surface area contributed by atoms with Crippen LogP contribution in [0.15, 0.2) is 48.7 Å². The number of allylic oxidation sites excluding steroid dienone is 2. The van der Waals surface area contributed by atoms with Crippen molar-refractivity contribution in [3.63, 3.8) is 0 Å². The topological polar surface area (TPSA) is 29.1 Å². The van der Waals surface area contributed by atoms with Gasteiger partial charge in [-0.15, -0.1) is 0 Å². The fraction of sp³-hybridized carbons (Fsp3) is 0.182. The molecule has 1 aliphatic rings. The first-order valence-electron chi connectivity index (χ1n) is 4.20. The average Bonchev–Trinajstić information content (AvgIpc) is 2.46. The number of nitrogens with one attached hydrogen (secondary N) is 1. The highest BCUT2D eigenvalue weighted by Gasteiger charge is 2.20. The highest BCUT2D eigenvalue weighted by molar-refractivity contribution is 6.03. The van der Waals surface area contributed by atoms with Gasteiger partial charge in [0.25, 0.3) is 5.91 Å². The van der Waals surface area contributed by atoms with E-state index in [-0.39, 0.29) is 5.91 Å². The maximum absolute atomic E-state index is 11.0. The summed E-state index contributed by atoms with van der Waals surface area (Å²) in [6.07, 6.45) is 3.17. The van der Waals surface area contributed by atoms with E-state index in [9.17, 15) is 4.79 Å². The molecular weight excluding hydrogens is 162 g/mol. The first-order valence-corrected chi connectivity index (χ1v) is 4.20. The van der Waals surface area contributed by atoms with Gasteiger partial charge in [-0.25, -0.2) is 0 Å². The van der Waals surface area contributed by atoms with E-state index < -0.39 is 0 Å². The van der Waals surface area contributed by atoms with Crippen LogP contribution < -0.4 is 5.32 Å². The lowest BCUT2D eigenvalue weighted by molar-refractivity contribution is -0.115. The smallest absolute Gasteiger partial charge is 0.255 e. The number of hydrogen-bond acceptors (Lipinski definition) is 1. The molecule has 2 nitrogen and oxygen atoms in total. The molecule has 70 valence electrons. The Balaban J connectivity index is 0.000000671. The van der Waals surface area contributed by atoms with Crippen LogP contribution in [0, 0.1) is 0 Å². The van der Waals surface area contributed by atoms with Gasteiger partial charge < -0.3 is 5.32 Å². The lowest BCUT2D eigenvalue weighted by Crippen LogP contribution is -2.14. The van der Waals surface area contributed by atoms with Gasteiger partial charge in [0.15, 0.2) is 0 Å². The molecule has 0 radical (unpaired) electrons. The molecule has 0 unspecified atom stereocenters. The molecule has 0 atom stereocenters. The Morgan fingerprint density at radius 2 is 1.77 bits per heavy atom. The van der Waals surface area contributed by atoms with Crippen LogP contribution in [0.3, 0.4) is 0 Å². The van der Waals surface area contributed by atoms with Crippen molar-refractivity contribution in [3.8, 4) is 0 Å². The van der Waals surface area contributed by atoms with Crippen LogP contribution in [0.4, 0.5) is 0 Å². The van der Waals surface area contributed by atoms with Gasteiger partial charge in [-0.2, -0.15) is 0 Å². The summed E-state index contributed by atoms with van der Waals surface area (Å²) in [5.41, 5.74) is 1.88. The highest BCUT2D eigenvalue weighted by Crippen LogP contribution is 2.20. The van der Waals surface area contributed by atoms with Gasteiger partial charge >= 0.3 is 0 Å². The summed E-state index contributed by atoms with van der Waals surface area (Å²) < 4.78 is 0. The van der Waals surface area contributed by atoms with Crippen LogP contribution in [0.2, 0.25) is 0 Å². The molecule has 1 aliphatic heterocycles. The van der Waals surface area contributed by atoms with Crippen molar-refractivity contribution >= 4 is 5.91 Å². The minimum Gasteiger partial charge on any atom is -0.321 e. The van der Waals surface area contributed by atoms with Crippen molar-refractivity contribution in [2.45, 2.75) is 13.8 Å². The second kappa shape index (κ2) is 5.14. The monoisotopic (exact) mass is 177 g/mol. The van der Waals surface area contributed by atoms with Crippen LogP contribution in [0.25, 0.3) is 0 Å². The summed E-state index contributed by atoms with van der Waals surface area (Å²) in [7, 11) is 0. The van der Waals surface area contributed by atoms with E-state index in [1.165, 1.54) is 0 Å². The summed E-state index contributed by atoms with van der Waals surface area (Å²) in [4.78, 5) is 11.0. The van der Waals surface area contributed by atoms with E-state index in [1.807, 2.05) is 13.8 Å². The highest BCUT2D eigenvalue weighted by atomic mass is 16.1. The average molecular weight is 177 g/mol. The molecule has 0 fully saturated rings. The minimum atomic E-state index is -0.171. The molecule has 0 saturated carbocycles. The summed E-state index contributed by atoms with van der Waals surface area (Å²) >= 11 is 0. The van der Waals surface area contributed by atoms with Gasteiger partial charge in [0.1, 0.15) is 0 Å². The van der Waals surface area contributed by atoms with Gasteiger partial charge in [0.05, 0.1) is 0 Å². The summed E-state index contributed by atoms with van der Waals surface area (Å²) in [5.74, 6) is -0.171. The molecule has 0 spiro atoms. The maximum Gasteiger partial charge on any atom is 0.255 e. The second-order valence-corrected chi connectivity index (χ2v) is 2.17. The Labute approximate surface area is 79.3 Å². The normalized spacial score (nSPS) is 14.6. The first-order chi connectivity index (χ1) is 6.20. The van der Waals surface area contributed by atoms with Gasteiger partial charge in [0, 0.05) is 16.8 Å². The summed E-state index contributed by atoms with van der Waals surface area (Å²) in [6.45, 7) is 14.7. The lowest BCUT2D eigenvalue weighted by Gasteiger charge is -1.92. The van der Waals surface area contributed by atoms with Crippen molar-refractivity contribution in [1.82, 2.24) is 5.32 Å². The van der Waals surface area contributed by atoms with Crippen molar-refractivity contribution in [1.29, 1.82) is 0 Å². The fourth-order valence-electron chi connectivity index (χ4n) is 0.944. The quantitative estimate of drug-likeness (QED) is 0.644. The van der Waals surface area contributed by atoms with E-state index >= 15 is 0 Å². The third-order valence-electron chi connectivity index (χ3n) is 1.55. The third kappa shape index (κ3) is 2.18. The van der Waals surface area contributed by atoms with Crippen molar-refractivity contribution in [3.05, 3.63) is 48.7 Å². The molecule has 13 heavy (non-hydrogen) atoms. The molecule has 0 aromatic heterocycles. The molecule has 1 amide bonds. The molecule has 0 aromatic rings. The predicted octanol–water partition coefficient (Wildman–Crippen LogP) is 2.32. The van der Waals surface area contributed by atoms with Crippen LogP contribution in [0.1, 0.15) is 13.8 Å². The predicted molar refractivity (Wildman–Crippen MR) is 56.1 cm³/mol. The summed E-state index contributed by atoms with van der Waals surface area (Å²) in [5, 5.41) is 2.61. The zero-order chi connectivity index (χ0) is 10.4. The van der Waals surface area contributed by atoms with Crippen molar-refractivity contribution in [2.75, 3.05) is 0 Å². The van der Waals surface area contributed by atoms with Gasteiger partial charge in [-0.1, -0.05) is 39.7 Å². The Bertz CT molecular complexity index is 284. The van der Waals surface area contributed by atoms with Crippen LogP contribution in [0.5, 0.6) is 0 Å². The van der Waals surface area contributed by atoms with Gasteiger partial charge in [-0.3, -0.25) is 4.79 Å². The number of hydrogen-bond donors (Lipinski definition) is 1. The lowest BCUT2D eigenvalue weighted by atomic mass is 10.1. The molecule has 0 aromatic carbocycles. The number of rotatable bonds is 2. The Hall–Kier alpha value is -1.57. The molecule has 0 aliphatic carbocycles. The molecule has 2 heteroatoms. The molecule has 1 N–H and O–H groups in total. The number of carbonyl (C=O) groups is 1. The third-order valence-corrected chi connectivity index (χ3v) is 1.55. The minimum absolute atomic E-state index is 0.171. The fourth-order valence-corrected chi connectivity index (χ4v) is 0.944. The van der Waals surface area contributed by atoms with Crippen LogP contribution in [-0.2, 0) is 4.79 Å². The zero-order valence-electron chi connectivity index (χ0n) is 8.18. The van der Waals surface area contributed by atoms with Crippen LogP contribution >= 0.6 is 0 Å². The Kier molecular flexibility index (Phi) is 4.52. The van der Waals surface area contributed by atoms with Gasteiger partial charge in [0.2, 0.25) is 0 Å². The number of amides is 1.